The first-order valence-corrected chi connectivity index (χ1v) is 8.75. The second kappa shape index (κ2) is 8.17. The van der Waals surface area contributed by atoms with Crippen LogP contribution in [-0.2, 0) is 17.6 Å². The molecule has 3 rings (SSSR count). The van der Waals surface area contributed by atoms with E-state index >= 15 is 0 Å². The van der Waals surface area contributed by atoms with Crippen molar-refractivity contribution in [3.05, 3.63) is 77.0 Å². The van der Waals surface area contributed by atoms with Gasteiger partial charge in [0.15, 0.2) is 0 Å². The fraction of sp³-hybridized carbons (Fsp3) is 0.182. The van der Waals surface area contributed by atoms with Crippen LogP contribution in [-0.4, -0.2) is 17.4 Å². The van der Waals surface area contributed by atoms with Gasteiger partial charge in [-0.2, -0.15) is 5.26 Å². The van der Waals surface area contributed by atoms with Gasteiger partial charge >= 0.3 is 0 Å². The van der Waals surface area contributed by atoms with Crippen LogP contribution in [0.25, 0.3) is 17.0 Å². The molecule has 0 aliphatic rings. The summed E-state index contributed by atoms with van der Waals surface area (Å²) >= 11 is 0. The number of hydrogen-bond donors (Lipinski definition) is 2. The predicted octanol–water partition coefficient (Wildman–Crippen LogP) is 4.00. The molecule has 2 N–H and O–H groups in total. The Labute approximate surface area is 153 Å². The molecule has 0 bridgehead atoms. The molecule has 0 fully saturated rings. The van der Waals surface area contributed by atoms with E-state index in [0.717, 1.165) is 34.0 Å². The minimum Gasteiger partial charge on any atom is -0.361 e. The maximum absolute atomic E-state index is 12.4. The summed E-state index contributed by atoms with van der Waals surface area (Å²) in [6, 6.07) is 17.9. The lowest BCUT2D eigenvalue weighted by Gasteiger charge is -2.06. The number of H-pyrrole nitrogens is 1. The normalized spacial score (nSPS) is 11.3. The molecular formula is C22H21N3O. The zero-order valence-electron chi connectivity index (χ0n) is 14.8. The molecule has 3 aromatic rings. The topological polar surface area (TPSA) is 68.7 Å². The standard InChI is InChI=1S/C22H21N3O/c1-2-16-7-3-4-8-17(16)13-19(14-23)22(26)24-12-11-18-15-25-21-10-6-5-9-20(18)21/h3-10,13,15,25H,2,11-12H2,1H3,(H,24,26)/b19-13+. The molecule has 2 aromatic carbocycles. The van der Waals surface area contributed by atoms with Gasteiger partial charge in [0.05, 0.1) is 0 Å². The summed E-state index contributed by atoms with van der Waals surface area (Å²) in [6.07, 6.45) is 5.20. The number of hydrogen-bond acceptors (Lipinski definition) is 2. The fourth-order valence-electron chi connectivity index (χ4n) is 3.05. The number of nitrogens with zero attached hydrogens (tertiary/aromatic N) is 1. The number of benzene rings is 2. The molecule has 26 heavy (non-hydrogen) atoms. The Morgan fingerprint density at radius 3 is 2.73 bits per heavy atom. The van der Waals surface area contributed by atoms with Gasteiger partial charge in [0.1, 0.15) is 11.6 Å². The Hall–Kier alpha value is -3.32. The van der Waals surface area contributed by atoms with Crippen LogP contribution in [0.5, 0.6) is 0 Å². The Morgan fingerprint density at radius 1 is 1.15 bits per heavy atom. The number of nitriles is 1. The number of rotatable bonds is 6. The second-order valence-electron chi connectivity index (χ2n) is 6.09. The first-order valence-electron chi connectivity index (χ1n) is 8.75. The highest BCUT2D eigenvalue weighted by atomic mass is 16.1. The third-order valence-corrected chi connectivity index (χ3v) is 4.46. The van der Waals surface area contributed by atoms with Crippen LogP contribution < -0.4 is 5.32 Å². The molecule has 130 valence electrons. The highest BCUT2D eigenvalue weighted by Crippen LogP contribution is 2.18. The number of para-hydroxylation sites is 1. The molecule has 0 aliphatic carbocycles. The second-order valence-corrected chi connectivity index (χ2v) is 6.09. The van der Waals surface area contributed by atoms with Gasteiger partial charge in [-0.1, -0.05) is 49.4 Å². The zero-order chi connectivity index (χ0) is 18.4. The molecule has 1 heterocycles. The number of aromatic nitrogens is 1. The molecule has 4 heteroatoms. The van der Waals surface area contributed by atoms with Crippen LogP contribution >= 0.6 is 0 Å². The maximum atomic E-state index is 12.4. The first kappa shape index (κ1) is 17.5. The predicted molar refractivity (Wildman–Crippen MR) is 104 cm³/mol. The molecule has 0 spiro atoms. The minimum atomic E-state index is -0.335. The monoisotopic (exact) mass is 343 g/mol. The molecule has 0 radical (unpaired) electrons. The van der Waals surface area contributed by atoms with Crippen molar-refractivity contribution >= 4 is 22.9 Å². The van der Waals surface area contributed by atoms with E-state index in [1.165, 1.54) is 0 Å². The van der Waals surface area contributed by atoms with Crippen LogP contribution in [0.4, 0.5) is 0 Å². The number of carbonyl (C=O) groups is 1. The van der Waals surface area contributed by atoms with E-state index in [-0.39, 0.29) is 11.5 Å². The Morgan fingerprint density at radius 2 is 1.92 bits per heavy atom. The number of carbonyl (C=O) groups excluding carboxylic acids is 1. The summed E-state index contributed by atoms with van der Waals surface area (Å²) in [5.74, 6) is -0.335. The van der Waals surface area contributed by atoms with E-state index < -0.39 is 0 Å². The van der Waals surface area contributed by atoms with Crippen molar-refractivity contribution in [1.82, 2.24) is 10.3 Å². The van der Waals surface area contributed by atoms with Gasteiger partial charge < -0.3 is 10.3 Å². The van der Waals surface area contributed by atoms with Crippen LogP contribution in [0.2, 0.25) is 0 Å². The lowest BCUT2D eigenvalue weighted by atomic mass is 10.0. The van der Waals surface area contributed by atoms with Crippen LogP contribution in [0.1, 0.15) is 23.6 Å². The highest BCUT2D eigenvalue weighted by Gasteiger charge is 2.10. The SMILES string of the molecule is CCc1ccccc1/C=C(\C#N)C(=O)NCCc1c[nH]c2ccccc12. The molecule has 0 saturated heterocycles. The summed E-state index contributed by atoms with van der Waals surface area (Å²) in [7, 11) is 0. The van der Waals surface area contributed by atoms with Gasteiger partial charge in [-0.3, -0.25) is 4.79 Å². The van der Waals surface area contributed by atoms with Crippen molar-refractivity contribution in [1.29, 1.82) is 5.26 Å². The summed E-state index contributed by atoms with van der Waals surface area (Å²) in [5.41, 5.74) is 4.40. The fourth-order valence-corrected chi connectivity index (χ4v) is 3.05. The van der Waals surface area contributed by atoms with E-state index in [1.54, 1.807) is 6.08 Å². The van der Waals surface area contributed by atoms with E-state index in [0.29, 0.717) is 13.0 Å². The molecule has 0 unspecified atom stereocenters. The molecule has 0 saturated carbocycles. The van der Waals surface area contributed by atoms with E-state index in [1.807, 2.05) is 54.7 Å². The summed E-state index contributed by atoms with van der Waals surface area (Å²) in [6.45, 7) is 2.54. The van der Waals surface area contributed by atoms with Gasteiger partial charge in [-0.15, -0.1) is 0 Å². The smallest absolute Gasteiger partial charge is 0.261 e. The van der Waals surface area contributed by atoms with Crippen molar-refractivity contribution in [2.45, 2.75) is 19.8 Å². The van der Waals surface area contributed by atoms with E-state index in [2.05, 4.69) is 23.3 Å². The summed E-state index contributed by atoms with van der Waals surface area (Å²) in [4.78, 5) is 15.6. The van der Waals surface area contributed by atoms with Crippen LogP contribution in [0.3, 0.4) is 0 Å². The maximum Gasteiger partial charge on any atom is 0.261 e. The molecule has 0 atom stereocenters. The molecule has 1 aromatic heterocycles. The van der Waals surface area contributed by atoms with Gasteiger partial charge in [0.2, 0.25) is 0 Å². The van der Waals surface area contributed by atoms with Crippen molar-refractivity contribution in [3.8, 4) is 6.07 Å². The Bertz CT molecular complexity index is 992. The molecule has 4 nitrogen and oxygen atoms in total. The summed E-state index contributed by atoms with van der Waals surface area (Å²) < 4.78 is 0. The van der Waals surface area contributed by atoms with Crippen molar-refractivity contribution in [2.75, 3.05) is 6.54 Å². The number of aryl methyl sites for hydroxylation is 1. The molecule has 0 aliphatic heterocycles. The number of aromatic amines is 1. The minimum absolute atomic E-state index is 0.129. The Kier molecular flexibility index (Phi) is 5.50. The third kappa shape index (κ3) is 3.84. The number of amides is 1. The zero-order valence-corrected chi connectivity index (χ0v) is 14.8. The Balaban J connectivity index is 1.66. The quantitative estimate of drug-likeness (QED) is 0.525. The van der Waals surface area contributed by atoms with E-state index in [4.69, 9.17) is 0 Å². The van der Waals surface area contributed by atoms with Gasteiger partial charge in [-0.25, -0.2) is 0 Å². The molecular weight excluding hydrogens is 322 g/mol. The summed E-state index contributed by atoms with van der Waals surface area (Å²) in [5, 5.41) is 13.4. The highest BCUT2D eigenvalue weighted by molar-refractivity contribution is 6.01. The number of nitrogens with one attached hydrogen (secondary N) is 2. The van der Waals surface area contributed by atoms with Crippen LogP contribution in [0, 0.1) is 11.3 Å². The van der Waals surface area contributed by atoms with E-state index in [9.17, 15) is 10.1 Å². The average molecular weight is 343 g/mol. The average Bonchev–Trinajstić information content (AvgIpc) is 3.09. The largest absolute Gasteiger partial charge is 0.361 e. The lowest BCUT2D eigenvalue weighted by molar-refractivity contribution is -0.117. The van der Waals surface area contributed by atoms with Crippen molar-refractivity contribution in [2.24, 2.45) is 0 Å². The van der Waals surface area contributed by atoms with Gasteiger partial charge in [-0.05, 0) is 41.7 Å². The van der Waals surface area contributed by atoms with Crippen molar-refractivity contribution in [3.63, 3.8) is 0 Å². The molecule has 1 amide bonds. The van der Waals surface area contributed by atoms with Crippen molar-refractivity contribution < 1.29 is 4.79 Å². The first-order chi connectivity index (χ1) is 12.7. The number of fused-ring (bicyclic) bond motifs is 1. The van der Waals surface area contributed by atoms with Gasteiger partial charge in [0, 0.05) is 23.6 Å². The lowest BCUT2D eigenvalue weighted by Crippen LogP contribution is -2.26. The van der Waals surface area contributed by atoms with Crippen LogP contribution in [0.15, 0.2) is 60.3 Å². The van der Waals surface area contributed by atoms with Gasteiger partial charge in [0.25, 0.3) is 5.91 Å². The third-order valence-electron chi connectivity index (χ3n) is 4.46.